The fourth-order valence-electron chi connectivity index (χ4n) is 7.67. The molecule has 0 bridgehead atoms. The minimum absolute atomic E-state index is 0.0217. The number of carbonyl (C=O) groups excluding carboxylic acids is 2. The van der Waals surface area contributed by atoms with Gasteiger partial charge in [0.05, 0.1) is 31.4 Å². The predicted molar refractivity (Wildman–Crippen MR) is 238 cm³/mol. The summed E-state index contributed by atoms with van der Waals surface area (Å²) in [5, 5.41) is 3.05. The summed E-state index contributed by atoms with van der Waals surface area (Å²) in [6.45, 7) is 9.17. The highest BCUT2D eigenvalue weighted by Crippen LogP contribution is 2.36. The summed E-state index contributed by atoms with van der Waals surface area (Å²) in [5.74, 6) is -0.323. The maximum absolute atomic E-state index is 14.7. The summed E-state index contributed by atoms with van der Waals surface area (Å²) in [7, 11) is -2.84. The lowest BCUT2D eigenvalue weighted by Crippen LogP contribution is -2.47. The van der Waals surface area contributed by atoms with E-state index in [1.807, 2.05) is 25.1 Å². The van der Waals surface area contributed by atoms with E-state index in [4.69, 9.17) is 14.5 Å². The first-order chi connectivity index (χ1) is 28.6. The first-order valence-electron chi connectivity index (χ1n) is 22.5. The lowest BCUT2D eigenvalue weighted by molar-refractivity contribution is -0.117. The molecule has 2 unspecified atom stereocenters. The topological polar surface area (TPSA) is 132 Å². The van der Waals surface area contributed by atoms with Crippen LogP contribution in [0.25, 0.3) is 0 Å². The number of methoxy groups -OCH3 is 1. The molecule has 0 aliphatic carbocycles. The van der Waals surface area contributed by atoms with Crippen LogP contribution in [-0.2, 0) is 19.6 Å². The summed E-state index contributed by atoms with van der Waals surface area (Å²) in [5.41, 5.74) is 1.60. The van der Waals surface area contributed by atoms with E-state index < -0.39 is 27.9 Å². The monoisotopic (exact) mass is 834 g/mol. The maximum Gasteiger partial charge on any atom is 0.358 e. The Bertz CT molecular complexity index is 1880. The van der Waals surface area contributed by atoms with Crippen molar-refractivity contribution in [2.45, 2.75) is 167 Å². The molecule has 0 radical (unpaired) electrons. The quantitative estimate of drug-likeness (QED) is 0.0544. The molecule has 2 heterocycles. The molecule has 2 aromatic carbocycles. The van der Waals surface area contributed by atoms with Crippen LogP contribution in [0.2, 0.25) is 0 Å². The number of aryl methyl sites for hydroxylation is 1. The number of carbonyl (C=O) groups is 2. The van der Waals surface area contributed by atoms with Gasteiger partial charge in [0.15, 0.2) is 17.6 Å². The number of amides is 1. The Morgan fingerprint density at radius 3 is 2.02 bits per heavy atom. The third kappa shape index (κ3) is 14.5. The van der Waals surface area contributed by atoms with Crippen LogP contribution < -0.4 is 10.1 Å². The van der Waals surface area contributed by atoms with E-state index >= 15 is 0 Å². The number of sulfonamides is 1. The minimum atomic E-state index is -4.10. The van der Waals surface area contributed by atoms with Gasteiger partial charge in [-0.2, -0.15) is 0 Å². The number of imidazole rings is 1. The van der Waals surface area contributed by atoms with E-state index in [9.17, 15) is 18.0 Å². The molecule has 11 nitrogen and oxygen atoms in total. The molecule has 1 aliphatic rings. The molecule has 326 valence electrons. The number of hydrogen-bond acceptors (Lipinski definition) is 8. The molecule has 1 amide bonds. The van der Waals surface area contributed by atoms with Crippen molar-refractivity contribution in [3.63, 3.8) is 0 Å². The van der Waals surface area contributed by atoms with Crippen molar-refractivity contribution in [1.29, 1.82) is 0 Å². The van der Waals surface area contributed by atoms with E-state index in [0.29, 0.717) is 30.4 Å². The van der Waals surface area contributed by atoms with Crippen molar-refractivity contribution in [1.82, 2.24) is 13.9 Å². The van der Waals surface area contributed by atoms with Gasteiger partial charge < -0.3 is 19.4 Å². The lowest BCUT2D eigenvalue weighted by Gasteiger charge is -2.33. The number of aliphatic imine (C=N–C) groups is 1. The van der Waals surface area contributed by atoms with Crippen molar-refractivity contribution in [3.05, 3.63) is 66.2 Å². The number of hydrogen-bond donors (Lipinski definition) is 1. The number of benzene rings is 2. The first-order valence-corrected chi connectivity index (χ1v) is 23.9. The Balaban J connectivity index is 1.49. The second-order valence-corrected chi connectivity index (χ2v) is 18.0. The molecule has 59 heavy (non-hydrogen) atoms. The second-order valence-electron chi connectivity index (χ2n) is 16.1. The summed E-state index contributed by atoms with van der Waals surface area (Å²) in [6, 6.07) is 10.9. The van der Waals surface area contributed by atoms with Crippen molar-refractivity contribution in [2.24, 2.45) is 10.9 Å². The smallest absolute Gasteiger partial charge is 0.358 e. The number of rotatable bonds is 29. The van der Waals surface area contributed by atoms with E-state index in [-0.39, 0.29) is 28.7 Å². The number of nitrogens with one attached hydrogen (secondary N) is 1. The molecular weight excluding hydrogens is 763 g/mol. The fraction of sp³-hybridized carbons (Fsp3) is 0.617. The molecule has 3 aromatic rings. The molecular formula is C47H71N5O6S. The van der Waals surface area contributed by atoms with Crippen LogP contribution in [0.4, 0.5) is 11.4 Å². The highest BCUT2D eigenvalue weighted by molar-refractivity contribution is 7.90. The molecule has 4 rings (SSSR count). The largest absolute Gasteiger partial charge is 0.491 e. The summed E-state index contributed by atoms with van der Waals surface area (Å²) < 4.78 is 42.8. The van der Waals surface area contributed by atoms with Gasteiger partial charge in [-0.3, -0.25) is 9.10 Å². The van der Waals surface area contributed by atoms with Gasteiger partial charge in [0.2, 0.25) is 0 Å². The number of nitrogens with zero attached hydrogens (tertiary/aromatic N) is 4. The van der Waals surface area contributed by atoms with Crippen LogP contribution in [-0.4, -0.2) is 60.2 Å². The maximum atomic E-state index is 14.7. The Kier molecular flexibility index (Phi) is 20.5. The second kappa shape index (κ2) is 25.4. The van der Waals surface area contributed by atoms with Crippen molar-refractivity contribution in [3.8, 4) is 5.75 Å². The number of anilines is 1. The van der Waals surface area contributed by atoms with E-state index in [1.54, 1.807) is 24.3 Å². The van der Waals surface area contributed by atoms with Crippen molar-refractivity contribution in [2.75, 3.05) is 25.6 Å². The normalized spacial score (nSPS) is 14.3. The molecule has 1 aliphatic heterocycles. The Morgan fingerprint density at radius 1 is 0.797 bits per heavy atom. The number of fused-ring (bicyclic) bond motifs is 1. The van der Waals surface area contributed by atoms with E-state index in [0.717, 1.165) is 50.5 Å². The Morgan fingerprint density at radius 2 is 1.41 bits per heavy atom. The zero-order chi connectivity index (χ0) is 42.5. The highest BCUT2D eigenvalue weighted by atomic mass is 32.2. The SMILES string of the molecule is CCCCCCCCCCCCCCCCCCN1C(C(C(=O)Nc2cc(C)ccc2OCC(CC)CCCC)n2cnc(C(=O)OC)c2)=Nc2ccccc2S1(=O)=O. The van der Waals surface area contributed by atoms with E-state index in [2.05, 4.69) is 31.1 Å². The molecule has 0 saturated heterocycles. The van der Waals surface area contributed by atoms with Gasteiger partial charge >= 0.3 is 5.97 Å². The molecule has 0 saturated carbocycles. The van der Waals surface area contributed by atoms with Crippen LogP contribution in [0.15, 0.2) is 64.9 Å². The molecule has 1 N–H and O–H groups in total. The molecule has 2 atom stereocenters. The van der Waals surface area contributed by atoms with Gasteiger partial charge in [0.25, 0.3) is 15.9 Å². The van der Waals surface area contributed by atoms with Crippen LogP contribution in [0.1, 0.15) is 171 Å². The summed E-state index contributed by atoms with van der Waals surface area (Å²) >= 11 is 0. The number of ether oxygens (including phenoxy) is 2. The zero-order valence-corrected chi connectivity index (χ0v) is 37.4. The van der Waals surface area contributed by atoms with Gasteiger partial charge in [-0.1, -0.05) is 155 Å². The predicted octanol–water partition coefficient (Wildman–Crippen LogP) is 11.7. The summed E-state index contributed by atoms with van der Waals surface area (Å²) in [6.07, 6.45) is 26.3. The van der Waals surface area contributed by atoms with Gasteiger partial charge in [-0.15, -0.1) is 0 Å². The Hall–Kier alpha value is -4.19. The van der Waals surface area contributed by atoms with E-state index in [1.165, 1.54) is 106 Å². The lowest BCUT2D eigenvalue weighted by atomic mass is 10.0. The standard InChI is InChI=1S/C47H71N5O6S/c1-6-9-11-12-13-14-15-16-17-18-19-20-21-22-23-26-32-52-45(49-39-28-24-25-29-43(39)59(52,55)56)44(51-34-41(48-36-51)47(54)57-5)46(53)50-40-33-37(4)30-31-42(40)58-35-38(8-3)27-10-7-2/h24-25,28-31,33-34,36,38,44H,6-23,26-27,32,35H2,1-5H3,(H,50,53). The minimum Gasteiger partial charge on any atom is -0.491 e. The van der Waals surface area contributed by atoms with Crippen molar-refractivity contribution >= 4 is 39.1 Å². The first kappa shape index (κ1) is 47.5. The average molecular weight is 834 g/mol. The number of amidine groups is 1. The van der Waals surface area contributed by atoms with Crippen LogP contribution in [0.5, 0.6) is 5.75 Å². The average Bonchev–Trinajstić information content (AvgIpc) is 3.71. The number of esters is 1. The van der Waals surface area contributed by atoms with Gasteiger partial charge in [-0.25, -0.2) is 23.2 Å². The summed E-state index contributed by atoms with van der Waals surface area (Å²) in [4.78, 5) is 36.4. The van der Waals surface area contributed by atoms with Gasteiger partial charge in [0, 0.05) is 12.7 Å². The molecule has 0 fully saturated rings. The molecule has 12 heteroatoms. The fourth-order valence-corrected chi connectivity index (χ4v) is 9.29. The number of para-hydroxylation sites is 1. The van der Waals surface area contributed by atoms with Crippen LogP contribution in [0.3, 0.4) is 0 Å². The highest BCUT2D eigenvalue weighted by Gasteiger charge is 2.41. The third-order valence-electron chi connectivity index (χ3n) is 11.3. The van der Waals surface area contributed by atoms with Crippen LogP contribution >= 0.6 is 0 Å². The van der Waals surface area contributed by atoms with Gasteiger partial charge in [0.1, 0.15) is 10.6 Å². The van der Waals surface area contributed by atoms with Crippen LogP contribution in [0, 0.1) is 12.8 Å². The van der Waals surface area contributed by atoms with Gasteiger partial charge in [-0.05, 0) is 55.5 Å². The Labute approximate surface area is 354 Å². The molecule has 1 aromatic heterocycles. The van der Waals surface area contributed by atoms with Crippen molar-refractivity contribution < 1.29 is 27.5 Å². The third-order valence-corrected chi connectivity index (χ3v) is 13.2. The zero-order valence-electron chi connectivity index (χ0n) is 36.6. The number of aromatic nitrogens is 2. The number of unbranched alkanes of at least 4 members (excludes halogenated alkanes) is 16. The molecule has 0 spiro atoms.